The predicted octanol–water partition coefficient (Wildman–Crippen LogP) is 6.72. The van der Waals surface area contributed by atoms with Crippen LogP contribution in [0.4, 0.5) is 5.82 Å². The Hall–Kier alpha value is -5.58. The van der Waals surface area contributed by atoms with E-state index in [1.165, 1.54) is 7.11 Å². The molecular weight excluding hydrogens is 670 g/mol. The van der Waals surface area contributed by atoms with Crippen LogP contribution < -0.4 is 9.72 Å². The fourth-order valence-electron chi connectivity index (χ4n) is 7.79. The topological polar surface area (TPSA) is 168 Å². The number of aromatic nitrogens is 2. The molecule has 3 heterocycles. The average Bonchev–Trinajstić information content (AvgIpc) is 3.81. The number of ketones is 2. The van der Waals surface area contributed by atoms with Crippen molar-refractivity contribution >= 4 is 23.5 Å². The van der Waals surface area contributed by atoms with Gasteiger partial charge in [0.05, 0.1) is 19.6 Å². The molecule has 274 valence electrons. The summed E-state index contributed by atoms with van der Waals surface area (Å²) in [4.78, 5) is 35.8. The molecule has 0 spiro atoms. The summed E-state index contributed by atoms with van der Waals surface area (Å²) in [7, 11) is 1.43. The number of rotatable bonds is 6. The highest BCUT2D eigenvalue weighted by Crippen LogP contribution is 2.44. The second kappa shape index (κ2) is 15.6. The van der Waals surface area contributed by atoms with Gasteiger partial charge in [-0.15, -0.1) is 5.69 Å². The van der Waals surface area contributed by atoms with Gasteiger partial charge in [0.15, 0.2) is 11.5 Å². The molecule has 0 saturated heterocycles. The molecule has 4 bridgehead atoms. The van der Waals surface area contributed by atoms with E-state index in [9.17, 15) is 30.0 Å². The minimum Gasteiger partial charge on any atom is -0.664 e. The van der Waals surface area contributed by atoms with Crippen molar-refractivity contribution in [3.05, 3.63) is 141 Å². The molecule has 0 unspecified atom stereocenters. The number of Topliss-reactive ketones (excluding diaryl/α,β-unsaturated/α-hetero) is 2. The summed E-state index contributed by atoms with van der Waals surface area (Å²) in [5.41, 5.74) is 6.60. The van der Waals surface area contributed by atoms with Gasteiger partial charge in [0.1, 0.15) is 23.4 Å². The highest BCUT2D eigenvalue weighted by Gasteiger charge is 2.36. The summed E-state index contributed by atoms with van der Waals surface area (Å²) in [5.74, 6) is -0.796. The number of aryl methyl sites for hydroxylation is 2. The second-order valence-corrected chi connectivity index (χ2v) is 14.1. The molecule has 53 heavy (non-hydrogen) atoms. The molecule has 3 aromatic carbocycles. The molecule has 7 rings (SSSR count). The maximum atomic E-state index is 14.4. The van der Waals surface area contributed by atoms with Gasteiger partial charge in [-0.05, 0) is 96.6 Å². The predicted molar refractivity (Wildman–Crippen MR) is 201 cm³/mol. The number of carbonyl (C=O) groups excluding carboxylic acids is 2. The number of aliphatic hydroxyl groups is 2. The lowest BCUT2D eigenvalue weighted by atomic mass is 9.71. The van der Waals surface area contributed by atoms with Crippen LogP contribution in [0.15, 0.2) is 90.8 Å². The second-order valence-electron chi connectivity index (χ2n) is 14.1. The quantitative estimate of drug-likeness (QED) is 0.121. The number of fused-ring (bicyclic) bond motifs is 7. The van der Waals surface area contributed by atoms with E-state index in [-0.39, 0.29) is 66.6 Å². The first-order valence-electron chi connectivity index (χ1n) is 18.0. The molecule has 0 saturated carbocycles. The first kappa shape index (κ1) is 35.8. The van der Waals surface area contributed by atoms with Crippen LogP contribution in [0.3, 0.4) is 0 Å². The Morgan fingerprint density at radius 2 is 1.79 bits per heavy atom. The molecule has 4 atom stereocenters. The van der Waals surface area contributed by atoms with Gasteiger partial charge in [-0.3, -0.25) is 9.59 Å². The number of ether oxygens (including phenoxy) is 1. The fraction of sp³-hybridized carbons (Fsp3) is 0.302. The number of benzene rings is 3. The molecular formula is C43H43N3O7-2. The highest BCUT2D eigenvalue weighted by atomic mass is 16.5. The summed E-state index contributed by atoms with van der Waals surface area (Å²) >= 11 is 0. The van der Waals surface area contributed by atoms with E-state index in [1.54, 1.807) is 42.6 Å². The van der Waals surface area contributed by atoms with E-state index in [4.69, 9.17) is 10.1 Å². The van der Waals surface area contributed by atoms with Crippen molar-refractivity contribution in [3.8, 4) is 17.2 Å². The molecule has 10 nitrogen and oxygen atoms in total. The zero-order chi connectivity index (χ0) is 37.1. The third-order valence-corrected chi connectivity index (χ3v) is 10.5. The zero-order valence-electron chi connectivity index (χ0n) is 29.5. The number of H-pyrrole nitrogens is 1. The molecule has 2 aliphatic rings. The molecule has 1 aliphatic heterocycles. The first-order chi connectivity index (χ1) is 25.7. The Balaban J connectivity index is 1.22. The molecule has 2 aromatic heterocycles. The van der Waals surface area contributed by atoms with E-state index < -0.39 is 24.0 Å². The SMILES string of the molecule is COc1cc2cc(c1O)[C@H](O)c1cccc(c1)Cc1cc[nH]c1[N-]CC1=Cc3[n-]ccc3[C@@H](C[C@H](O)CCc3cccc(O)c3)[C@@H]1C(=O)CC(=O)CC2. The van der Waals surface area contributed by atoms with Crippen molar-refractivity contribution in [1.29, 1.82) is 0 Å². The molecule has 1 aliphatic carbocycles. The maximum absolute atomic E-state index is 14.4. The van der Waals surface area contributed by atoms with Crippen LogP contribution in [0.25, 0.3) is 11.4 Å². The summed E-state index contributed by atoms with van der Waals surface area (Å²) in [6, 6.07) is 21.7. The van der Waals surface area contributed by atoms with Crippen LogP contribution in [0.5, 0.6) is 17.2 Å². The summed E-state index contributed by atoms with van der Waals surface area (Å²) in [6.45, 7) is 0.184. The Morgan fingerprint density at radius 3 is 2.62 bits per heavy atom. The van der Waals surface area contributed by atoms with Crippen LogP contribution in [0, 0.1) is 5.92 Å². The number of aromatic amines is 1. The van der Waals surface area contributed by atoms with Crippen molar-refractivity contribution in [2.45, 2.75) is 63.1 Å². The van der Waals surface area contributed by atoms with Crippen molar-refractivity contribution < 1.29 is 34.8 Å². The van der Waals surface area contributed by atoms with Crippen LogP contribution in [0.1, 0.15) is 82.3 Å². The number of hydrogen-bond acceptors (Lipinski definition) is 7. The Labute approximate surface area is 308 Å². The molecule has 5 aromatic rings. The van der Waals surface area contributed by atoms with Crippen LogP contribution >= 0.6 is 0 Å². The van der Waals surface area contributed by atoms with E-state index in [0.29, 0.717) is 36.2 Å². The van der Waals surface area contributed by atoms with E-state index in [1.807, 2.05) is 48.7 Å². The van der Waals surface area contributed by atoms with E-state index >= 15 is 0 Å². The Bertz CT molecular complexity index is 2150. The van der Waals surface area contributed by atoms with Gasteiger partial charge in [0, 0.05) is 17.9 Å². The van der Waals surface area contributed by atoms with Crippen LogP contribution in [-0.2, 0) is 28.9 Å². The molecule has 0 amide bonds. The van der Waals surface area contributed by atoms with Gasteiger partial charge in [-0.25, -0.2) is 0 Å². The number of aliphatic hydroxyl groups excluding tert-OH is 2. The smallest absolute Gasteiger partial charge is 0.163 e. The number of phenols is 2. The maximum Gasteiger partial charge on any atom is 0.163 e. The van der Waals surface area contributed by atoms with Gasteiger partial charge in [0.25, 0.3) is 0 Å². The lowest BCUT2D eigenvalue weighted by Gasteiger charge is -2.37. The van der Waals surface area contributed by atoms with Gasteiger partial charge in [-0.1, -0.05) is 77.8 Å². The monoisotopic (exact) mass is 713 g/mol. The number of methoxy groups -OCH3 is 1. The Kier molecular flexibility index (Phi) is 10.5. The number of hydrogen-bond donors (Lipinski definition) is 5. The largest absolute Gasteiger partial charge is 0.664 e. The van der Waals surface area contributed by atoms with Gasteiger partial charge in [-0.2, -0.15) is 6.20 Å². The highest BCUT2D eigenvalue weighted by molar-refractivity contribution is 6.02. The van der Waals surface area contributed by atoms with Gasteiger partial charge >= 0.3 is 0 Å². The first-order valence-corrected chi connectivity index (χ1v) is 18.0. The van der Waals surface area contributed by atoms with Crippen molar-refractivity contribution in [1.82, 2.24) is 9.97 Å². The molecule has 5 N–H and O–H groups in total. The minimum atomic E-state index is -1.16. The third kappa shape index (κ3) is 7.94. The van der Waals surface area contributed by atoms with Gasteiger partial charge < -0.3 is 40.4 Å². The summed E-state index contributed by atoms with van der Waals surface area (Å²) < 4.78 is 5.44. The Morgan fingerprint density at radius 1 is 0.943 bits per heavy atom. The molecule has 10 heteroatoms. The van der Waals surface area contributed by atoms with Crippen molar-refractivity contribution in [3.63, 3.8) is 0 Å². The van der Waals surface area contributed by atoms with E-state index in [0.717, 1.165) is 33.5 Å². The van der Waals surface area contributed by atoms with E-state index in [2.05, 4.69) is 9.97 Å². The standard InChI is InChI=1S/C43H43N3O7/c1-53-39-20-27-9-11-33(49)23-38(50)40-30(21-37-34(13-15-44-37)35(40)22-32(48)10-8-25-4-3-7-31(47)18-25)24-46-43-29(12-14-45-43)17-26-5-2-6-28(16-26)41(51)36(19-27)42(39)52/h2-7,12-16,18-21,32,35,40-41,45,47-48,51-52H,8-11,17,22-24H2,1H3/q-2/t32-,35-,40-,41-/m1/s1. The number of nitrogens with one attached hydrogen (secondary N) is 1. The van der Waals surface area contributed by atoms with Crippen LogP contribution in [0.2, 0.25) is 0 Å². The van der Waals surface area contributed by atoms with Gasteiger partial charge in [0.2, 0.25) is 0 Å². The zero-order valence-corrected chi connectivity index (χ0v) is 29.5. The molecule has 0 fully saturated rings. The lowest BCUT2D eigenvalue weighted by molar-refractivity contribution is -0.129. The fourth-order valence-corrected chi connectivity index (χ4v) is 7.79. The summed E-state index contributed by atoms with van der Waals surface area (Å²) in [6.07, 6.45) is 5.30. The lowest BCUT2D eigenvalue weighted by Crippen LogP contribution is -2.32. The summed E-state index contributed by atoms with van der Waals surface area (Å²) in [5, 5.41) is 48.8. The molecule has 0 radical (unpaired) electrons. The number of carbonyl (C=O) groups is 2. The number of aromatic hydroxyl groups is 2. The minimum absolute atomic E-state index is 0.0626. The average molecular weight is 714 g/mol. The number of phenolic OH excluding ortho intramolecular Hbond substituents is 2. The van der Waals surface area contributed by atoms with Crippen molar-refractivity contribution in [2.75, 3.05) is 13.7 Å². The normalized spacial score (nSPS) is 19.7. The third-order valence-electron chi connectivity index (χ3n) is 10.5. The van der Waals surface area contributed by atoms with Crippen LogP contribution in [-0.4, -0.2) is 56.7 Å². The van der Waals surface area contributed by atoms with Crippen molar-refractivity contribution in [2.24, 2.45) is 5.92 Å². The number of nitrogens with zero attached hydrogens (tertiary/aromatic N) is 2.